The molecular weight excluding hydrogens is 428 g/mol. The van der Waals surface area contributed by atoms with Crippen molar-refractivity contribution < 1.29 is 4.79 Å². The van der Waals surface area contributed by atoms with E-state index in [-0.39, 0.29) is 11.8 Å². The molecule has 0 atom stereocenters. The zero-order valence-corrected chi connectivity index (χ0v) is 19.4. The highest BCUT2D eigenvalue weighted by Gasteiger charge is 2.23. The number of thiazole rings is 1. The van der Waals surface area contributed by atoms with E-state index in [9.17, 15) is 4.79 Å². The van der Waals surface area contributed by atoms with Gasteiger partial charge in [0, 0.05) is 39.3 Å². The quantitative estimate of drug-likeness (QED) is 0.449. The Hall–Kier alpha value is -3.22. The molecule has 0 spiro atoms. The van der Waals surface area contributed by atoms with Crippen LogP contribution in [0, 0.1) is 0 Å². The van der Waals surface area contributed by atoms with Crippen molar-refractivity contribution >= 4 is 32.6 Å². The maximum atomic E-state index is 13.2. The van der Waals surface area contributed by atoms with E-state index in [0.717, 1.165) is 54.5 Å². The van der Waals surface area contributed by atoms with E-state index < -0.39 is 0 Å². The Kier molecular flexibility index (Phi) is 6.65. The number of nitrogens with zero attached hydrogens (tertiary/aromatic N) is 3. The van der Waals surface area contributed by atoms with Gasteiger partial charge in [-0.2, -0.15) is 0 Å². The second-order valence-electron chi connectivity index (χ2n) is 8.34. The lowest BCUT2D eigenvalue weighted by Crippen LogP contribution is -2.48. The van der Waals surface area contributed by atoms with Crippen molar-refractivity contribution in [3.05, 3.63) is 96.1 Å². The number of carbonyl (C=O) groups is 1. The SMILES string of the molecule is O=C(NCCN1CCN(c2nc3ccccc3s2)CC1)C(c1ccccc1)c1ccccc1. The summed E-state index contributed by atoms with van der Waals surface area (Å²) >= 11 is 1.77. The first kappa shape index (κ1) is 21.6. The molecule has 6 heteroatoms. The van der Waals surface area contributed by atoms with Crippen LogP contribution in [0.3, 0.4) is 0 Å². The van der Waals surface area contributed by atoms with Gasteiger partial charge in [-0.05, 0) is 23.3 Å². The minimum atomic E-state index is -0.289. The van der Waals surface area contributed by atoms with Crippen LogP contribution in [-0.4, -0.2) is 55.1 Å². The fraction of sp³-hybridized carbons (Fsp3) is 0.259. The molecule has 0 aliphatic carbocycles. The van der Waals surface area contributed by atoms with Crippen molar-refractivity contribution in [1.29, 1.82) is 0 Å². The number of hydrogen-bond acceptors (Lipinski definition) is 5. The van der Waals surface area contributed by atoms with E-state index in [0.29, 0.717) is 6.54 Å². The number of para-hydroxylation sites is 1. The minimum absolute atomic E-state index is 0.0560. The van der Waals surface area contributed by atoms with Crippen molar-refractivity contribution in [2.24, 2.45) is 0 Å². The first-order valence-electron chi connectivity index (χ1n) is 11.5. The Labute approximate surface area is 198 Å². The second-order valence-corrected chi connectivity index (χ2v) is 9.35. The molecule has 33 heavy (non-hydrogen) atoms. The molecule has 1 amide bonds. The molecule has 0 unspecified atom stereocenters. The maximum absolute atomic E-state index is 13.2. The van der Waals surface area contributed by atoms with Gasteiger partial charge in [-0.1, -0.05) is 84.1 Å². The van der Waals surface area contributed by atoms with Gasteiger partial charge >= 0.3 is 0 Å². The number of fused-ring (bicyclic) bond motifs is 1. The first-order chi connectivity index (χ1) is 16.3. The largest absolute Gasteiger partial charge is 0.354 e. The van der Waals surface area contributed by atoms with Gasteiger partial charge in [0.1, 0.15) is 0 Å². The first-order valence-corrected chi connectivity index (χ1v) is 12.3. The molecule has 3 aromatic carbocycles. The van der Waals surface area contributed by atoms with Crippen molar-refractivity contribution in [2.45, 2.75) is 5.92 Å². The summed E-state index contributed by atoms with van der Waals surface area (Å²) in [4.78, 5) is 22.8. The molecule has 1 N–H and O–H groups in total. The van der Waals surface area contributed by atoms with Gasteiger partial charge in [0.15, 0.2) is 5.13 Å². The number of benzene rings is 3. The Morgan fingerprint density at radius 3 is 2.09 bits per heavy atom. The Bertz CT molecular complexity index is 1110. The molecule has 168 valence electrons. The summed E-state index contributed by atoms with van der Waals surface area (Å²) in [5.74, 6) is -0.233. The number of anilines is 1. The Morgan fingerprint density at radius 2 is 1.45 bits per heavy atom. The van der Waals surface area contributed by atoms with Crippen LogP contribution in [0.2, 0.25) is 0 Å². The standard InChI is InChI=1S/C27H28N4OS/c32-26(25(21-9-3-1-4-10-21)22-11-5-2-6-12-22)28-15-16-30-17-19-31(20-18-30)27-29-23-13-7-8-14-24(23)33-27/h1-14,25H,15-20H2,(H,28,32). The number of aromatic nitrogens is 1. The number of rotatable bonds is 7. The predicted octanol–water partition coefficient (Wildman–Crippen LogP) is 4.37. The van der Waals surface area contributed by atoms with Gasteiger partial charge in [0.2, 0.25) is 5.91 Å². The van der Waals surface area contributed by atoms with Gasteiger partial charge in [0.25, 0.3) is 0 Å². The number of hydrogen-bond donors (Lipinski definition) is 1. The second kappa shape index (κ2) is 10.1. The summed E-state index contributed by atoms with van der Waals surface area (Å²) in [6.45, 7) is 5.39. The lowest BCUT2D eigenvalue weighted by Gasteiger charge is -2.34. The highest BCUT2D eigenvalue weighted by molar-refractivity contribution is 7.22. The van der Waals surface area contributed by atoms with E-state index in [1.54, 1.807) is 11.3 Å². The van der Waals surface area contributed by atoms with Gasteiger partial charge in [-0.3, -0.25) is 9.69 Å². The molecule has 1 aliphatic heterocycles. The third kappa shape index (κ3) is 5.07. The van der Waals surface area contributed by atoms with E-state index in [1.165, 1.54) is 4.70 Å². The lowest BCUT2D eigenvalue weighted by molar-refractivity contribution is -0.121. The molecule has 0 radical (unpaired) electrons. The van der Waals surface area contributed by atoms with E-state index in [1.807, 2.05) is 66.7 Å². The van der Waals surface area contributed by atoms with Crippen LogP contribution >= 0.6 is 11.3 Å². The average Bonchev–Trinajstić information content (AvgIpc) is 3.30. The molecule has 2 heterocycles. The number of piperazine rings is 1. The smallest absolute Gasteiger partial charge is 0.232 e. The molecule has 4 aromatic rings. The van der Waals surface area contributed by atoms with E-state index in [2.05, 4.69) is 33.3 Å². The lowest BCUT2D eigenvalue weighted by atomic mass is 9.90. The summed E-state index contributed by atoms with van der Waals surface area (Å²) in [7, 11) is 0. The summed E-state index contributed by atoms with van der Waals surface area (Å²) in [6, 6.07) is 28.3. The predicted molar refractivity (Wildman–Crippen MR) is 136 cm³/mol. The summed E-state index contributed by atoms with van der Waals surface area (Å²) in [6.07, 6.45) is 0. The summed E-state index contributed by atoms with van der Waals surface area (Å²) in [5, 5.41) is 4.29. The number of carbonyl (C=O) groups excluding carboxylic acids is 1. The summed E-state index contributed by atoms with van der Waals surface area (Å²) < 4.78 is 1.24. The van der Waals surface area contributed by atoms with Crippen LogP contribution in [0.5, 0.6) is 0 Å². The van der Waals surface area contributed by atoms with Gasteiger partial charge in [0.05, 0.1) is 16.1 Å². The third-order valence-corrected chi connectivity index (χ3v) is 7.28. The van der Waals surface area contributed by atoms with Crippen molar-refractivity contribution in [3.8, 4) is 0 Å². The molecule has 1 saturated heterocycles. The highest BCUT2D eigenvalue weighted by Crippen LogP contribution is 2.29. The Balaban J connectivity index is 1.15. The van der Waals surface area contributed by atoms with E-state index >= 15 is 0 Å². The average molecular weight is 457 g/mol. The molecule has 0 bridgehead atoms. The van der Waals surface area contributed by atoms with Crippen molar-refractivity contribution in [3.63, 3.8) is 0 Å². The van der Waals surface area contributed by atoms with Crippen LogP contribution in [0.1, 0.15) is 17.0 Å². The third-order valence-electron chi connectivity index (χ3n) is 6.18. The number of nitrogens with one attached hydrogen (secondary N) is 1. The normalized spacial score (nSPS) is 14.6. The highest BCUT2D eigenvalue weighted by atomic mass is 32.1. The fourth-order valence-electron chi connectivity index (χ4n) is 4.38. The van der Waals surface area contributed by atoms with Gasteiger partial charge < -0.3 is 10.2 Å². The van der Waals surface area contributed by atoms with Gasteiger partial charge in [-0.15, -0.1) is 0 Å². The molecule has 1 fully saturated rings. The monoisotopic (exact) mass is 456 g/mol. The van der Waals surface area contributed by atoms with Crippen LogP contribution in [-0.2, 0) is 4.79 Å². The minimum Gasteiger partial charge on any atom is -0.354 e. The van der Waals surface area contributed by atoms with Crippen molar-refractivity contribution in [2.75, 3.05) is 44.2 Å². The molecule has 0 saturated carbocycles. The van der Waals surface area contributed by atoms with E-state index in [4.69, 9.17) is 4.98 Å². The van der Waals surface area contributed by atoms with Crippen LogP contribution in [0.4, 0.5) is 5.13 Å². The fourth-order valence-corrected chi connectivity index (χ4v) is 5.40. The maximum Gasteiger partial charge on any atom is 0.232 e. The van der Waals surface area contributed by atoms with Gasteiger partial charge in [-0.25, -0.2) is 4.98 Å². The topological polar surface area (TPSA) is 48.5 Å². The molecule has 5 rings (SSSR count). The Morgan fingerprint density at radius 1 is 0.848 bits per heavy atom. The van der Waals surface area contributed by atoms with Crippen LogP contribution < -0.4 is 10.2 Å². The molecule has 1 aromatic heterocycles. The van der Waals surface area contributed by atoms with Crippen LogP contribution in [0.25, 0.3) is 10.2 Å². The molecule has 1 aliphatic rings. The molecular formula is C27H28N4OS. The van der Waals surface area contributed by atoms with Crippen LogP contribution in [0.15, 0.2) is 84.9 Å². The zero-order valence-electron chi connectivity index (χ0n) is 18.6. The summed E-state index contributed by atoms with van der Waals surface area (Å²) in [5.41, 5.74) is 3.12. The van der Waals surface area contributed by atoms with Crippen molar-refractivity contribution in [1.82, 2.24) is 15.2 Å². The zero-order chi connectivity index (χ0) is 22.5. The molecule has 5 nitrogen and oxygen atoms in total. The number of amides is 1.